The largest absolute Gasteiger partial charge is 0.303 e. The van der Waals surface area contributed by atoms with Crippen LogP contribution in [0.25, 0.3) is 0 Å². The summed E-state index contributed by atoms with van der Waals surface area (Å²) in [6.45, 7) is 5.16. The topological polar surface area (TPSA) is 20.3 Å². The van der Waals surface area contributed by atoms with Crippen molar-refractivity contribution in [2.75, 3.05) is 19.6 Å². The van der Waals surface area contributed by atoms with Crippen LogP contribution in [0.2, 0.25) is 0 Å². The zero-order valence-electron chi connectivity index (χ0n) is 7.88. The summed E-state index contributed by atoms with van der Waals surface area (Å²) in [5.41, 5.74) is 0. The summed E-state index contributed by atoms with van der Waals surface area (Å²) in [4.78, 5) is 13.1. The second-order valence-electron chi connectivity index (χ2n) is 3.51. The Balaban J connectivity index is 2.01. The SMILES string of the molecule is CC(=O)CCCN1CC[CH]CC1. The van der Waals surface area contributed by atoms with Crippen molar-refractivity contribution in [3.8, 4) is 0 Å². The molecule has 0 aromatic heterocycles. The van der Waals surface area contributed by atoms with Crippen LogP contribution in [0.3, 0.4) is 0 Å². The van der Waals surface area contributed by atoms with Crippen LogP contribution in [-0.2, 0) is 4.79 Å². The van der Waals surface area contributed by atoms with Gasteiger partial charge in [0.2, 0.25) is 0 Å². The molecule has 12 heavy (non-hydrogen) atoms. The van der Waals surface area contributed by atoms with E-state index in [1.54, 1.807) is 6.92 Å². The van der Waals surface area contributed by atoms with Crippen molar-refractivity contribution >= 4 is 5.78 Å². The lowest BCUT2D eigenvalue weighted by atomic mass is 10.1. The Labute approximate surface area is 74.9 Å². The van der Waals surface area contributed by atoms with Gasteiger partial charge in [-0.3, -0.25) is 0 Å². The molecule has 1 aliphatic rings. The normalized spacial score (nSPS) is 19.4. The Morgan fingerprint density at radius 2 is 2.08 bits per heavy atom. The number of hydrogen-bond donors (Lipinski definition) is 0. The third-order valence-corrected chi connectivity index (χ3v) is 2.30. The van der Waals surface area contributed by atoms with Gasteiger partial charge in [0.25, 0.3) is 0 Å². The van der Waals surface area contributed by atoms with Crippen molar-refractivity contribution < 1.29 is 4.79 Å². The highest BCUT2D eigenvalue weighted by Gasteiger charge is 2.09. The summed E-state index contributed by atoms with van der Waals surface area (Å²) < 4.78 is 0. The fourth-order valence-electron chi connectivity index (χ4n) is 1.58. The molecule has 0 bridgehead atoms. The summed E-state index contributed by atoms with van der Waals surface area (Å²) in [6, 6.07) is 0. The summed E-state index contributed by atoms with van der Waals surface area (Å²) in [6.07, 6.45) is 6.58. The number of piperidine rings is 1. The predicted octanol–water partition coefficient (Wildman–Crippen LogP) is 1.66. The maximum Gasteiger partial charge on any atom is 0.129 e. The van der Waals surface area contributed by atoms with E-state index in [4.69, 9.17) is 0 Å². The summed E-state index contributed by atoms with van der Waals surface area (Å²) in [7, 11) is 0. The molecule has 2 heteroatoms. The molecule has 0 saturated carbocycles. The Morgan fingerprint density at radius 1 is 1.42 bits per heavy atom. The molecule has 1 heterocycles. The zero-order valence-corrected chi connectivity index (χ0v) is 7.88. The van der Waals surface area contributed by atoms with Crippen molar-refractivity contribution in [2.24, 2.45) is 0 Å². The van der Waals surface area contributed by atoms with E-state index < -0.39 is 0 Å². The number of likely N-dealkylation sites (tertiary alicyclic amines) is 1. The molecule has 1 radical (unpaired) electrons. The van der Waals surface area contributed by atoms with E-state index in [-0.39, 0.29) is 0 Å². The van der Waals surface area contributed by atoms with Gasteiger partial charge < -0.3 is 9.69 Å². The van der Waals surface area contributed by atoms with Gasteiger partial charge in [-0.15, -0.1) is 0 Å². The second-order valence-corrected chi connectivity index (χ2v) is 3.51. The first-order valence-electron chi connectivity index (χ1n) is 4.82. The average molecular weight is 168 g/mol. The van der Waals surface area contributed by atoms with Gasteiger partial charge in [0.05, 0.1) is 0 Å². The van der Waals surface area contributed by atoms with Crippen LogP contribution in [-0.4, -0.2) is 30.3 Å². The van der Waals surface area contributed by atoms with Crippen LogP contribution in [0.1, 0.15) is 32.6 Å². The third kappa shape index (κ3) is 3.86. The molecule has 0 unspecified atom stereocenters. The van der Waals surface area contributed by atoms with Crippen molar-refractivity contribution in [2.45, 2.75) is 32.6 Å². The minimum absolute atomic E-state index is 0.318. The molecular formula is C10H18NO. The maximum atomic E-state index is 10.7. The summed E-state index contributed by atoms with van der Waals surface area (Å²) >= 11 is 0. The Morgan fingerprint density at radius 3 is 2.67 bits per heavy atom. The molecule has 0 amide bonds. The molecule has 0 spiro atoms. The van der Waals surface area contributed by atoms with Gasteiger partial charge in [-0.25, -0.2) is 0 Å². The summed E-state index contributed by atoms with van der Waals surface area (Å²) in [5.74, 6) is 0.318. The number of carbonyl (C=O) groups is 1. The molecule has 0 aromatic carbocycles. The molecule has 1 rings (SSSR count). The lowest BCUT2D eigenvalue weighted by Crippen LogP contribution is -2.30. The fourth-order valence-corrected chi connectivity index (χ4v) is 1.58. The van der Waals surface area contributed by atoms with Crippen molar-refractivity contribution in [1.29, 1.82) is 0 Å². The predicted molar refractivity (Wildman–Crippen MR) is 49.9 cm³/mol. The highest BCUT2D eigenvalue weighted by molar-refractivity contribution is 5.75. The minimum atomic E-state index is 0.318. The molecule has 1 aliphatic heterocycles. The highest BCUT2D eigenvalue weighted by atomic mass is 16.1. The molecule has 0 aromatic rings. The van der Waals surface area contributed by atoms with Crippen LogP contribution < -0.4 is 0 Å². The van der Waals surface area contributed by atoms with E-state index in [2.05, 4.69) is 11.3 Å². The number of rotatable bonds is 4. The molecule has 0 atom stereocenters. The average Bonchev–Trinajstić information content (AvgIpc) is 2.05. The van der Waals surface area contributed by atoms with Crippen molar-refractivity contribution in [3.63, 3.8) is 0 Å². The van der Waals surface area contributed by atoms with Crippen LogP contribution in [0.4, 0.5) is 0 Å². The fraction of sp³-hybridized carbons (Fsp3) is 0.800. The van der Waals surface area contributed by atoms with Gasteiger partial charge in [-0.05, 0) is 52.2 Å². The number of nitrogens with zero attached hydrogens (tertiary/aromatic N) is 1. The van der Waals surface area contributed by atoms with Gasteiger partial charge in [0.1, 0.15) is 5.78 Å². The van der Waals surface area contributed by atoms with Crippen molar-refractivity contribution in [1.82, 2.24) is 4.90 Å². The van der Waals surface area contributed by atoms with Crippen LogP contribution in [0.5, 0.6) is 0 Å². The smallest absolute Gasteiger partial charge is 0.129 e. The Kier molecular flexibility index (Phi) is 4.30. The lowest BCUT2D eigenvalue weighted by molar-refractivity contribution is -0.117. The molecule has 0 N–H and O–H groups in total. The number of ketones is 1. The minimum Gasteiger partial charge on any atom is -0.303 e. The molecule has 69 valence electrons. The van der Waals surface area contributed by atoms with Gasteiger partial charge >= 0.3 is 0 Å². The summed E-state index contributed by atoms with van der Waals surface area (Å²) in [5, 5.41) is 0. The number of carbonyl (C=O) groups excluding carboxylic acids is 1. The first-order valence-corrected chi connectivity index (χ1v) is 4.82. The molecule has 1 fully saturated rings. The van der Waals surface area contributed by atoms with Crippen LogP contribution in [0.15, 0.2) is 0 Å². The second kappa shape index (κ2) is 5.31. The molecular weight excluding hydrogens is 150 g/mol. The van der Waals surface area contributed by atoms with Crippen LogP contribution >= 0.6 is 0 Å². The maximum absolute atomic E-state index is 10.7. The highest BCUT2D eigenvalue weighted by Crippen LogP contribution is 2.08. The molecule has 0 aliphatic carbocycles. The molecule has 1 saturated heterocycles. The van der Waals surface area contributed by atoms with E-state index in [0.717, 1.165) is 19.4 Å². The van der Waals surface area contributed by atoms with Crippen molar-refractivity contribution in [3.05, 3.63) is 6.42 Å². The van der Waals surface area contributed by atoms with Gasteiger partial charge in [-0.1, -0.05) is 0 Å². The first kappa shape index (κ1) is 9.72. The zero-order chi connectivity index (χ0) is 8.81. The van der Waals surface area contributed by atoms with E-state index in [1.165, 1.54) is 25.9 Å². The van der Waals surface area contributed by atoms with E-state index in [0.29, 0.717) is 5.78 Å². The van der Waals surface area contributed by atoms with E-state index >= 15 is 0 Å². The van der Waals surface area contributed by atoms with E-state index in [1.807, 2.05) is 0 Å². The Bertz CT molecular complexity index is 139. The van der Waals surface area contributed by atoms with Crippen LogP contribution in [0, 0.1) is 6.42 Å². The monoisotopic (exact) mass is 168 g/mol. The van der Waals surface area contributed by atoms with E-state index in [9.17, 15) is 4.79 Å². The Hall–Kier alpha value is -0.370. The molecule has 2 nitrogen and oxygen atoms in total. The lowest BCUT2D eigenvalue weighted by Gasteiger charge is -2.25. The first-order chi connectivity index (χ1) is 5.79. The number of Topliss-reactive ketones (excluding diaryl/α,β-unsaturated/α-hetero) is 1. The third-order valence-electron chi connectivity index (χ3n) is 2.30. The quantitative estimate of drug-likeness (QED) is 0.636. The van der Waals surface area contributed by atoms with Gasteiger partial charge in [-0.2, -0.15) is 0 Å². The van der Waals surface area contributed by atoms with Gasteiger partial charge in [0.15, 0.2) is 0 Å². The standard InChI is InChI=1S/C10H18NO/c1-10(12)6-5-9-11-7-3-2-4-8-11/h2H,3-9H2,1H3. The number of hydrogen-bond acceptors (Lipinski definition) is 2. The van der Waals surface area contributed by atoms with Gasteiger partial charge in [0, 0.05) is 6.42 Å².